The Balaban J connectivity index is 0.000000235. The highest BCUT2D eigenvalue weighted by Gasteiger charge is 2.38. The van der Waals surface area contributed by atoms with Crippen LogP contribution in [0.5, 0.6) is 5.75 Å². The molecule has 7 N–H and O–H groups in total. The first-order chi connectivity index (χ1) is 31.9. The highest BCUT2D eigenvalue weighted by molar-refractivity contribution is 6.00. The molecule has 0 unspecified atom stereocenters. The summed E-state index contributed by atoms with van der Waals surface area (Å²) in [6.07, 6.45) is -7.71. The van der Waals surface area contributed by atoms with E-state index in [4.69, 9.17) is 35.4 Å². The Morgan fingerprint density at radius 3 is 1.31 bits per heavy atom. The number of aliphatic hydroxyl groups is 3. The quantitative estimate of drug-likeness (QED) is 0.0505. The summed E-state index contributed by atoms with van der Waals surface area (Å²) >= 11 is 0. The predicted octanol–water partition coefficient (Wildman–Crippen LogP) is 4.30. The molecule has 0 amide bonds. The number of hydrogen-bond donors (Lipinski definition) is 7. The minimum absolute atomic E-state index is 0.0568. The van der Waals surface area contributed by atoms with E-state index >= 15 is 0 Å². The maximum absolute atomic E-state index is 13.0. The summed E-state index contributed by atoms with van der Waals surface area (Å²) in [4.78, 5) is 80.5. The molecule has 0 bridgehead atoms. The molecule has 352 valence electrons. The maximum atomic E-state index is 13.0. The molecule has 1 aliphatic heterocycles. The molecule has 0 aliphatic carbocycles. The summed E-state index contributed by atoms with van der Waals surface area (Å²) in [6, 6.07) is 41.9. The number of likely N-dealkylation sites (tertiary alicyclic amines) is 1. The van der Waals surface area contributed by atoms with Gasteiger partial charge in [-0.05, 0) is 79.4 Å². The highest BCUT2D eigenvalue weighted by atomic mass is 16.6. The zero-order chi connectivity index (χ0) is 49.1. The molecule has 0 aromatic heterocycles. The number of piperidine rings is 1. The van der Waals surface area contributed by atoms with E-state index < -0.39 is 65.8 Å². The van der Waals surface area contributed by atoms with Crippen molar-refractivity contribution < 1.29 is 83.5 Å². The standard InChI is InChI=1S/C27H29NO3.2C11H10O7/c1-21(28-18-16-27(30,17-19-28)24-10-6-3-7-11-24)26(29)23-12-14-25(15-13-23)31-20-22-8-4-2-5-9-22;2*12-7(9(13)14)8(10(15)16)18-11(17)6-4-2-1-3-5-6/h2-15,21,30H,16-20H2,1H3;2*1-5,7-8,12H,(H,13,14)(H,15,16)/t21-;2*7-,8-/m000/s1. The van der Waals surface area contributed by atoms with Gasteiger partial charge in [0.2, 0.25) is 12.2 Å². The molecule has 1 heterocycles. The first-order valence-corrected chi connectivity index (χ1v) is 20.5. The van der Waals surface area contributed by atoms with E-state index in [1.165, 1.54) is 48.5 Å². The van der Waals surface area contributed by atoms with E-state index in [0.29, 0.717) is 38.1 Å². The van der Waals surface area contributed by atoms with E-state index in [9.17, 15) is 38.7 Å². The third-order valence-electron chi connectivity index (χ3n) is 10.3. The van der Waals surface area contributed by atoms with Crippen molar-refractivity contribution in [1.82, 2.24) is 4.90 Å². The minimum Gasteiger partial charge on any atom is -0.489 e. The van der Waals surface area contributed by atoms with Gasteiger partial charge in [0.25, 0.3) is 0 Å². The molecule has 18 nitrogen and oxygen atoms in total. The van der Waals surface area contributed by atoms with Crippen molar-refractivity contribution in [3.05, 3.63) is 173 Å². The van der Waals surface area contributed by atoms with Crippen LogP contribution in [-0.4, -0.2) is 126 Å². The lowest BCUT2D eigenvalue weighted by atomic mass is 9.84. The van der Waals surface area contributed by atoms with Crippen LogP contribution in [0.25, 0.3) is 0 Å². The fourth-order valence-corrected chi connectivity index (χ4v) is 6.46. The Hall–Kier alpha value is -7.77. The van der Waals surface area contributed by atoms with Crippen LogP contribution in [0.15, 0.2) is 146 Å². The molecule has 1 aliphatic rings. The summed E-state index contributed by atoms with van der Waals surface area (Å²) in [7, 11) is 0. The smallest absolute Gasteiger partial charge is 0.348 e. The number of esters is 2. The van der Waals surface area contributed by atoms with Crippen LogP contribution in [0.1, 0.15) is 62.0 Å². The zero-order valence-electron chi connectivity index (χ0n) is 35.9. The van der Waals surface area contributed by atoms with Gasteiger partial charge < -0.3 is 50.0 Å². The SMILES string of the molecule is C[C@@H](C(=O)c1ccc(OCc2ccccc2)cc1)N1CCC(O)(c2ccccc2)CC1.O=C(O[C@H](C(=O)O)[C@H](O)C(=O)O)c1ccccc1.O=C(O[C@H](C(=O)O)[C@H](O)C(=O)O)c1ccccc1. The average Bonchev–Trinajstić information content (AvgIpc) is 3.35. The number of rotatable bonds is 17. The molecule has 1 saturated heterocycles. The number of hydrogen-bond acceptors (Lipinski definition) is 14. The number of aliphatic carboxylic acids is 4. The van der Waals surface area contributed by atoms with Crippen molar-refractivity contribution in [3.8, 4) is 5.75 Å². The van der Waals surface area contributed by atoms with Gasteiger partial charge in [0.1, 0.15) is 12.4 Å². The number of Topliss-reactive ketones (excluding diaryl/α,β-unsaturated/α-hetero) is 1. The second kappa shape index (κ2) is 25.1. The van der Waals surface area contributed by atoms with E-state index in [0.717, 1.165) is 16.9 Å². The molecule has 5 aromatic rings. The van der Waals surface area contributed by atoms with E-state index in [-0.39, 0.29) is 23.0 Å². The number of ether oxygens (including phenoxy) is 3. The fraction of sp³-hybridized carbons (Fsp3) is 0.245. The lowest BCUT2D eigenvalue weighted by molar-refractivity contribution is -0.166. The van der Waals surface area contributed by atoms with Crippen LogP contribution < -0.4 is 4.74 Å². The number of nitrogens with zero attached hydrogens (tertiary/aromatic N) is 1. The molecule has 5 atom stereocenters. The molecule has 5 aromatic carbocycles. The van der Waals surface area contributed by atoms with Crippen LogP contribution in [-0.2, 0) is 40.9 Å². The van der Waals surface area contributed by atoms with Gasteiger partial charge in [0.05, 0.1) is 22.8 Å². The van der Waals surface area contributed by atoms with Gasteiger partial charge in [-0.3, -0.25) is 9.69 Å². The Kier molecular flexibility index (Phi) is 19.4. The molecule has 0 radical (unpaired) electrons. The summed E-state index contributed by atoms with van der Waals surface area (Å²) in [5, 5.41) is 63.6. The van der Waals surface area contributed by atoms with Crippen LogP contribution >= 0.6 is 0 Å². The number of carboxylic acid groups (broad SMARTS) is 4. The van der Waals surface area contributed by atoms with Crippen molar-refractivity contribution in [2.24, 2.45) is 0 Å². The second-order valence-corrected chi connectivity index (χ2v) is 14.9. The fourth-order valence-electron chi connectivity index (χ4n) is 6.46. The average molecular weight is 924 g/mol. The van der Waals surface area contributed by atoms with Crippen molar-refractivity contribution >= 4 is 41.6 Å². The molecule has 67 heavy (non-hydrogen) atoms. The predicted molar refractivity (Wildman–Crippen MR) is 236 cm³/mol. The number of aliphatic hydroxyl groups excluding tert-OH is 2. The van der Waals surface area contributed by atoms with Crippen LogP contribution in [0.4, 0.5) is 0 Å². The van der Waals surface area contributed by atoms with Crippen LogP contribution in [0.2, 0.25) is 0 Å². The lowest BCUT2D eigenvalue weighted by Crippen LogP contribution is -2.48. The lowest BCUT2D eigenvalue weighted by Gasteiger charge is -2.40. The van der Waals surface area contributed by atoms with Gasteiger partial charge in [0.15, 0.2) is 18.0 Å². The van der Waals surface area contributed by atoms with Crippen molar-refractivity contribution in [2.75, 3.05) is 13.1 Å². The van der Waals surface area contributed by atoms with E-state index in [1.54, 1.807) is 12.1 Å². The largest absolute Gasteiger partial charge is 0.489 e. The Morgan fingerprint density at radius 2 is 0.925 bits per heavy atom. The monoisotopic (exact) mass is 923 g/mol. The zero-order valence-corrected chi connectivity index (χ0v) is 35.9. The normalized spacial score (nSPS) is 15.1. The summed E-state index contributed by atoms with van der Waals surface area (Å²) in [6.45, 7) is 3.84. The molecular formula is C49H49NO17. The number of carbonyl (C=O) groups is 7. The highest BCUT2D eigenvalue weighted by Crippen LogP contribution is 2.33. The number of benzene rings is 5. The molecule has 0 spiro atoms. The van der Waals surface area contributed by atoms with Gasteiger partial charge in [0, 0.05) is 18.7 Å². The third kappa shape index (κ3) is 15.4. The van der Waals surface area contributed by atoms with E-state index in [2.05, 4.69) is 14.4 Å². The number of carbonyl (C=O) groups excluding carboxylic acids is 3. The van der Waals surface area contributed by atoms with Gasteiger partial charge in [-0.25, -0.2) is 28.8 Å². The molecule has 1 fully saturated rings. The second-order valence-electron chi connectivity index (χ2n) is 14.9. The maximum Gasteiger partial charge on any atom is 0.348 e. The first kappa shape index (κ1) is 51.9. The van der Waals surface area contributed by atoms with Gasteiger partial charge in [-0.15, -0.1) is 0 Å². The summed E-state index contributed by atoms with van der Waals surface area (Å²) in [5.41, 5.74) is 2.06. The van der Waals surface area contributed by atoms with Crippen molar-refractivity contribution in [3.63, 3.8) is 0 Å². The molecule has 6 rings (SSSR count). The number of ketones is 1. The van der Waals surface area contributed by atoms with Gasteiger partial charge >= 0.3 is 35.8 Å². The van der Waals surface area contributed by atoms with Gasteiger partial charge in [-0.1, -0.05) is 97.1 Å². The summed E-state index contributed by atoms with van der Waals surface area (Å²) < 4.78 is 14.7. The van der Waals surface area contributed by atoms with Gasteiger partial charge in [-0.2, -0.15) is 0 Å². The van der Waals surface area contributed by atoms with Crippen molar-refractivity contribution in [1.29, 1.82) is 0 Å². The Bertz CT molecular complexity index is 2320. The topological polar surface area (TPSA) is 292 Å². The van der Waals surface area contributed by atoms with Crippen molar-refractivity contribution in [2.45, 2.75) is 62.4 Å². The minimum atomic E-state index is -2.32. The molecule has 0 saturated carbocycles. The summed E-state index contributed by atoms with van der Waals surface area (Å²) in [5.74, 6) is -8.26. The third-order valence-corrected chi connectivity index (χ3v) is 10.3. The van der Waals surface area contributed by atoms with Crippen LogP contribution in [0.3, 0.4) is 0 Å². The van der Waals surface area contributed by atoms with E-state index in [1.807, 2.05) is 91.9 Å². The molecule has 18 heteroatoms. The number of carboxylic acids is 4. The first-order valence-electron chi connectivity index (χ1n) is 20.5. The molecular weight excluding hydrogens is 875 g/mol. The Morgan fingerprint density at radius 1 is 0.537 bits per heavy atom. The van der Waals surface area contributed by atoms with Crippen LogP contribution in [0, 0.1) is 0 Å². The Labute approximate surface area is 383 Å².